The van der Waals surface area contributed by atoms with Crippen LogP contribution in [0.15, 0.2) is 40.8 Å². The summed E-state index contributed by atoms with van der Waals surface area (Å²) in [4.78, 5) is 16.9. The number of benzene rings is 1. The van der Waals surface area contributed by atoms with Crippen molar-refractivity contribution in [2.24, 2.45) is 0 Å². The van der Waals surface area contributed by atoms with Crippen molar-refractivity contribution in [3.8, 4) is 0 Å². The molecule has 1 N–H and O–H groups in total. The molecule has 1 unspecified atom stereocenters. The highest BCUT2D eigenvalue weighted by Crippen LogP contribution is 2.21. The molecule has 0 aliphatic carbocycles. The van der Waals surface area contributed by atoms with Crippen molar-refractivity contribution in [2.45, 2.75) is 26.8 Å². The molecule has 2 aromatic heterocycles. The van der Waals surface area contributed by atoms with Crippen LogP contribution in [0.3, 0.4) is 0 Å². The third-order valence-electron chi connectivity index (χ3n) is 3.68. The Hall–Kier alpha value is -2.69. The normalized spacial score (nSPS) is 12.3. The van der Waals surface area contributed by atoms with Crippen LogP contribution in [0.5, 0.6) is 0 Å². The summed E-state index contributed by atoms with van der Waals surface area (Å²) in [5.41, 5.74) is 1.61. The first-order chi connectivity index (χ1) is 10.9. The Morgan fingerprint density at radius 1 is 1.22 bits per heavy atom. The third kappa shape index (κ3) is 3.08. The highest BCUT2D eigenvalue weighted by Gasteiger charge is 2.17. The predicted molar refractivity (Wildman–Crippen MR) is 85.8 cm³/mol. The van der Waals surface area contributed by atoms with Crippen LogP contribution in [-0.2, 0) is 0 Å². The minimum atomic E-state index is -0.374. The van der Waals surface area contributed by atoms with E-state index in [1.54, 1.807) is 19.1 Å². The fourth-order valence-corrected chi connectivity index (χ4v) is 2.55. The van der Waals surface area contributed by atoms with E-state index >= 15 is 0 Å². The van der Waals surface area contributed by atoms with Gasteiger partial charge in [0.1, 0.15) is 17.3 Å². The zero-order valence-electron chi connectivity index (χ0n) is 13.2. The molecule has 1 aromatic carbocycles. The number of pyridine rings is 1. The molecule has 0 fully saturated rings. The fraction of sp³-hybridized carbons (Fsp3) is 0.222. The number of aromatic nitrogens is 1. The van der Waals surface area contributed by atoms with Crippen molar-refractivity contribution < 1.29 is 13.6 Å². The molecule has 3 aromatic rings. The quantitative estimate of drug-likeness (QED) is 0.793. The molecule has 0 bridgehead atoms. The van der Waals surface area contributed by atoms with Gasteiger partial charge in [-0.25, -0.2) is 4.39 Å². The first kappa shape index (κ1) is 15.2. The van der Waals surface area contributed by atoms with E-state index in [-0.39, 0.29) is 17.8 Å². The van der Waals surface area contributed by atoms with E-state index in [1.807, 2.05) is 26.0 Å². The second-order valence-corrected chi connectivity index (χ2v) is 5.62. The van der Waals surface area contributed by atoms with Gasteiger partial charge in [-0.1, -0.05) is 0 Å². The van der Waals surface area contributed by atoms with Gasteiger partial charge in [0.15, 0.2) is 0 Å². The van der Waals surface area contributed by atoms with Crippen LogP contribution in [0.25, 0.3) is 10.9 Å². The van der Waals surface area contributed by atoms with Crippen molar-refractivity contribution in [3.63, 3.8) is 0 Å². The van der Waals surface area contributed by atoms with Gasteiger partial charge in [0.05, 0.1) is 17.1 Å². The lowest BCUT2D eigenvalue weighted by atomic mass is 10.1. The van der Waals surface area contributed by atoms with Crippen LogP contribution >= 0.6 is 0 Å². The Kier molecular flexibility index (Phi) is 3.86. The van der Waals surface area contributed by atoms with Gasteiger partial charge in [-0.3, -0.25) is 9.78 Å². The van der Waals surface area contributed by atoms with Gasteiger partial charge in [-0.15, -0.1) is 0 Å². The first-order valence-corrected chi connectivity index (χ1v) is 7.38. The second kappa shape index (κ2) is 5.83. The van der Waals surface area contributed by atoms with Crippen LogP contribution in [0.4, 0.5) is 4.39 Å². The lowest BCUT2D eigenvalue weighted by Crippen LogP contribution is -2.26. The second-order valence-electron chi connectivity index (χ2n) is 5.62. The number of rotatable bonds is 3. The molecule has 1 amide bonds. The first-order valence-electron chi connectivity index (χ1n) is 7.38. The lowest BCUT2D eigenvalue weighted by molar-refractivity contribution is 0.0936. The Bertz CT molecular complexity index is 881. The molecule has 0 aliphatic rings. The smallest absolute Gasteiger partial charge is 0.252 e. The van der Waals surface area contributed by atoms with Gasteiger partial charge in [-0.05, 0) is 51.1 Å². The summed E-state index contributed by atoms with van der Waals surface area (Å²) >= 11 is 0. The van der Waals surface area contributed by atoms with Gasteiger partial charge < -0.3 is 9.73 Å². The number of halogens is 1. The van der Waals surface area contributed by atoms with Crippen molar-refractivity contribution in [3.05, 3.63) is 65.0 Å². The summed E-state index contributed by atoms with van der Waals surface area (Å²) in [6.07, 6.45) is 0. The summed E-state index contributed by atoms with van der Waals surface area (Å²) < 4.78 is 18.9. The SMILES string of the molecule is Cc1cc(C(=O)NC(C)c2ccc(C)o2)c2ccc(F)cc2n1. The number of amides is 1. The molecule has 0 spiro atoms. The number of hydrogen-bond donors (Lipinski definition) is 1. The number of fused-ring (bicyclic) bond motifs is 1. The van der Waals surface area contributed by atoms with E-state index in [1.165, 1.54) is 12.1 Å². The fourth-order valence-electron chi connectivity index (χ4n) is 2.55. The zero-order valence-corrected chi connectivity index (χ0v) is 13.2. The number of hydrogen-bond acceptors (Lipinski definition) is 3. The number of carbonyl (C=O) groups is 1. The minimum absolute atomic E-state index is 0.242. The molecule has 5 heteroatoms. The summed E-state index contributed by atoms with van der Waals surface area (Å²) in [7, 11) is 0. The third-order valence-corrected chi connectivity index (χ3v) is 3.68. The number of carbonyl (C=O) groups excluding carboxylic acids is 1. The summed E-state index contributed by atoms with van der Waals surface area (Å²) in [5, 5.41) is 3.53. The van der Waals surface area contributed by atoms with Crippen LogP contribution < -0.4 is 5.32 Å². The van der Waals surface area contributed by atoms with Gasteiger partial charge in [0.2, 0.25) is 0 Å². The van der Waals surface area contributed by atoms with E-state index in [0.717, 1.165) is 5.76 Å². The maximum absolute atomic E-state index is 13.4. The molecule has 1 atom stereocenters. The molecule has 0 saturated carbocycles. The zero-order chi connectivity index (χ0) is 16.6. The molecule has 0 radical (unpaired) electrons. The molecule has 23 heavy (non-hydrogen) atoms. The Balaban J connectivity index is 1.94. The Morgan fingerprint density at radius 2 is 2.00 bits per heavy atom. The summed E-state index contributed by atoms with van der Waals surface area (Å²) in [6.45, 7) is 5.48. The average molecular weight is 312 g/mol. The van der Waals surface area contributed by atoms with Crippen molar-refractivity contribution in [1.29, 1.82) is 0 Å². The van der Waals surface area contributed by atoms with E-state index in [0.29, 0.717) is 27.9 Å². The van der Waals surface area contributed by atoms with Crippen molar-refractivity contribution in [2.75, 3.05) is 0 Å². The van der Waals surface area contributed by atoms with E-state index < -0.39 is 0 Å². The summed E-state index contributed by atoms with van der Waals surface area (Å²) in [6, 6.07) is 9.37. The molecule has 3 rings (SSSR count). The van der Waals surface area contributed by atoms with Crippen LogP contribution in [-0.4, -0.2) is 10.9 Å². The molecular weight excluding hydrogens is 295 g/mol. The predicted octanol–water partition coefficient (Wildman–Crippen LogP) is 4.07. The monoisotopic (exact) mass is 312 g/mol. The Labute approximate surface area is 133 Å². The van der Waals surface area contributed by atoms with E-state index in [4.69, 9.17) is 4.42 Å². The standard InChI is InChI=1S/C18H17FN2O2/c1-10-8-15(14-6-5-13(19)9-16(14)20-10)18(22)21-12(3)17-7-4-11(2)23-17/h4-9,12H,1-3H3,(H,21,22). The van der Waals surface area contributed by atoms with Crippen LogP contribution in [0, 0.1) is 19.7 Å². The Morgan fingerprint density at radius 3 is 2.70 bits per heavy atom. The molecule has 118 valence electrons. The maximum atomic E-state index is 13.4. The highest BCUT2D eigenvalue weighted by atomic mass is 19.1. The number of nitrogens with zero attached hydrogens (tertiary/aromatic N) is 1. The lowest BCUT2D eigenvalue weighted by Gasteiger charge is -2.13. The van der Waals surface area contributed by atoms with Crippen LogP contribution in [0.1, 0.15) is 40.5 Å². The molecule has 4 nitrogen and oxygen atoms in total. The molecule has 2 heterocycles. The number of nitrogens with one attached hydrogen (secondary N) is 1. The van der Waals surface area contributed by atoms with E-state index in [2.05, 4.69) is 10.3 Å². The number of aryl methyl sites for hydroxylation is 2. The largest absolute Gasteiger partial charge is 0.464 e. The maximum Gasteiger partial charge on any atom is 0.252 e. The minimum Gasteiger partial charge on any atom is -0.464 e. The van der Waals surface area contributed by atoms with Crippen LogP contribution in [0.2, 0.25) is 0 Å². The van der Waals surface area contributed by atoms with Crippen molar-refractivity contribution >= 4 is 16.8 Å². The van der Waals surface area contributed by atoms with Gasteiger partial charge in [0, 0.05) is 17.1 Å². The van der Waals surface area contributed by atoms with Gasteiger partial charge in [-0.2, -0.15) is 0 Å². The topological polar surface area (TPSA) is 55.1 Å². The summed E-state index contributed by atoms with van der Waals surface area (Å²) in [5.74, 6) is 0.869. The molecule has 0 aliphatic heterocycles. The van der Waals surface area contributed by atoms with Crippen molar-refractivity contribution in [1.82, 2.24) is 10.3 Å². The number of furan rings is 1. The average Bonchev–Trinajstić information content (AvgIpc) is 2.92. The highest BCUT2D eigenvalue weighted by molar-refractivity contribution is 6.06. The molecule has 0 saturated heterocycles. The van der Waals surface area contributed by atoms with Gasteiger partial charge in [0.25, 0.3) is 5.91 Å². The van der Waals surface area contributed by atoms with E-state index in [9.17, 15) is 9.18 Å². The van der Waals surface area contributed by atoms with Gasteiger partial charge >= 0.3 is 0 Å². The molecular formula is C18H17FN2O2.